The van der Waals surface area contributed by atoms with Crippen LogP contribution in [0.1, 0.15) is 53.4 Å². The van der Waals surface area contributed by atoms with E-state index in [1.54, 1.807) is 0 Å². The van der Waals surface area contributed by atoms with Gasteiger partial charge in [-0.05, 0) is 40.0 Å². The molecule has 1 aliphatic heterocycles. The van der Waals surface area contributed by atoms with E-state index in [4.69, 9.17) is 0 Å². The lowest BCUT2D eigenvalue weighted by Gasteiger charge is -2.24. The number of carbonyl (C=O) groups excluding carboxylic acids is 2. The molecule has 2 amide bonds. The smallest absolute Gasteiger partial charge is 0.239 e. The van der Waals surface area contributed by atoms with Crippen molar-refractivity contribution in [2.75, 3.05) is 13.1 Å². The number of rotatable bonds is 7. The van der Waals surface area contributed by atoms with Gasteiger partial charge in [0.05, 0.1) is 12.1 Å². The highest BCUT2D eigenvalue weighted by Gasteiger charge is 2.26. The Balaban J connectivity index is 2.37. The van der Waals surface area contributed by atoms with Gasteiger partial charge < -0.3 is 10.2 Å². The maximum absolute atomic E-state index is 12.2. The first-order valence-electron chi connectivity index (χ1n) is 7.81. The van der Waals surface area contributed by atoms with Crippen LogP contribution < -0.4 is 10.6 Å². The molecule has 0 radical (unpaired) electrons. The molecule has 3 atom stereocenters. The van der Waals surface area contributed by atoms with Crippen molar-refractivity contribution in [2.24, 2.45) is 0 Å². The van der Waals surface area contributed by atoms with E-state index in [0.29, 0.717) is 0 Å². The first kappa shape index (κ1) is 17.0. The Hall–Kier alpha value is -1.10. The Kier molecular flexibility index (Phi) is 6.99. The molecule has 1 rings (SSSR count). The van der Waals surface area contributed by atoms with Crippen LogP contribution in [-0.4, -0.2) is 47.9 Å². The average Bonchev–Trinajstić information content (AvgIpc) is 2.91. The molecule has 1 saturated heterocycles. The Labute approximate surface area is 122 Å². The Morgan fingerprint density at radius 1 is 1.10 bits per heavy atom. The summed E-state index contributed by atoms with van der Waals surface area (Å²) in [6.45, 7) is 9.44. The molecule has 5 heteroatoms. The summed E-state index contributed by atoms with van der Waals surface area (Å²) in [5.41, 5.74) is 0. The van der Waals surface area contributed by atoms with E-state index in [1.165, 1.54) is 0 Å². The molecule has 20 heavy (non-hydrogen) atoms. The van der Waals surface area contributed by atoms with Gasteiger partial charge in [-0.25, -0.2) is 0 Å². The van der Waals surface area contributed by atoms with E-state index in [-0.39, 0.29) is 29.9 Å². The number of hydrogen-bond acceptors (Lipinski definition) is 3. The van der Waals surface area contributed by atoms with Crippen molar-refractivity contribution in [1.29, 1.82) is 0 Å². The minimum Gasteiger partial charge on any atom is -0.352 e. The highest BCUT2D eigenvalue weighted by atomic mass is 16.2. The molecular formula is C15H29N3O2. The van der Waals surface area contributed by atoms with Gasteiger partial charge in [-0.15, -0.1) is 0 Å². The maximum atomic E-state index is 12.2. The maximum Gasteiger partial charge on any atom is 0.239 e. The normalized spacial score (nSPS) is 19.5. The molecular weight excluding hydrogens is 254 g/mol. The lowest BCUT2D eigenvalue weighted by Crippen LogP contribution is -2.52. The van der Waals surface area contributed by atoms with Crippen molar-refractivity contribution in [3.8, 4) is 0 Å². The van der Waals surface area contributed by atoms with Gasteiger partial charge in [0.1, 0.15) is 0 Å². The van der Waals surface area contributed by atoms with Crippen LogP contribution >= 0.6 is 0 Å². The third kappa shape index (κ3) is 5.12. The number of carbonyl (C=O) groups is 2. The van der Waals surface area contributed by atoms with Gasteiger partial charge in [0.2, 0.25) is 11.8 Å². The van der Waals surface area contributed by atoms with E-state index in [2.05, 4.69) is 17.6 Å². The van der Waals surface area contributed by atoms with Gasteiger partial charge in [0, 0.05) is 19.1 Å². The van der Waals surface area contributed by atoms with Crippen LogP contribution in [0.5, 0.6) is 0 Å². The number of likely N-dealkylation sites (tertiary alicyclic amines) is 1. The van der Waals surface area contributed by atoms with E-state index in [0.717, 1.165) is 38.8 Å². The molecule has 0 aromatic carbocycles. The summed E-state index contributed by atoms with van der Waals surface area (Å²) < 4.78 is 0. The largest absolute Gasteiger partial charge is 0.352 e. The summed E-state index contributed by atoms with van der Waals surface area (Å²) in [4.78, 5) is 26.0. The standard InChI is InChI=1S/C15H29N3O2/c1-5-8-11(2)16-14(19)12(3)17-13(4)15(20)18-9-6-7-10-18/h11-13,17H,5-10H2,1-4H3,(H,16,19). The minimum absolute atomic E-state index is 0.0352. The number of nitrogens with one attached hydrogen (secondary N) is 2. The van der Waals surface area contributed by atoms with Crippen LogP contribution in [-0.2, 0) is 9.59 Å². The van der Waals surface area contributed by atoms with Crippen molar-refractivity contribution in [3.05, 3.63) is 0 Å². The zero-order valence-corrected chi connectivity index (χ0v) is 13.2. The Morgan fingerprint density at radius 2 is 1.70 bits per heavy atom. The minimum atomic E-state index is -0.351. The van der Waals surface area contributed by atoms with Gasteiger partial charge in [0.25, 0.3) is 0 Å². The van der Waals surface area contributed by atoms with E-state index >= 15 is 0 Å². The molecule has 3 unspecified atom stereocenters. The monoisotopic (exact) mass is 283 g/mol. The second kappa shape index (κ2) is 8.25. The van der Waals surface area contributed by atoms with Crippen LogP contribution in [0, 0.1) is 0 Å². The third-order valence-corrected chi connectivity index (χ3v) is 3.79. The quantitative estimate of drug-likeness (QED) is 0.740. The third-order valence-electron chi connectivity index (χ3n) is 3.79. The Morgan fingerprint density at radius 3 is 2.25 bits per heavy atom. The molecule has 2 N–H and O–H groups in total. The van der Waals surface area contributed by atoms with E-state index in [9.17, 15) is 9.59 Å². The molecule has 0 aromatic rings. The van der Waals surface area contributed by atoms with Crippen molar-refractivity contribution in [3.63, 3.8) is 0 Å². The summed E-state index contributed by atoms with van der Waals surface area (Å²) in [5, 5.41) is 6.07. The fourth-order valence-corrected chi connectivity index (χ4v) is 2.61. The second-order valence-electron chi connectivity index (χ2n) is 5.84. The molecule has 1 fully saturated rings. The highest BCUT2D eigenvalue weighted by molar-refractivity contribution is 5.85. The summed E-state index contributed by atoms with van der Waals surface area (Å²) >= 11 is 0. The molecule has 0 aromatic heterocycles. The molecule has 5 nitrogen and oxygen atoms in total. The van der Waals surface area contributed by atoms with Gasteiger partial charge in [-0.1, -0.05) is 13.3 Å². The van der Waals surface area contributed by atoms with Crippen LogP contribution in [0.2, 0.25) is 0 Å². The van der Waals surface area contributed by atoms with Gasteiger partial charge in [0.15, 0.2) is 0 Å². The molecule has 1 aliphatic rings. The molecule has 0 bridgehead atoms. The molecule has 1 heterocycles. The van der Waals surface area contributed by atoms with Gasteiger partial charge in [-0.3, -0.25) is 14.9 Å². The van der Waals surface area contributed by atoms with Crippen molar-refractivity contribution < 1.29 is 9.59 Å². The summed E-state index contributed by atoms with van der Waals surface area (Å²) in [7, 11) is 0. The average molecular weight is 283 g/mol. The first-order chi connectivity index (χ1) is 9.45. The predicted octanol–water partition coefficient (Wildman–Crippen LogP) is 1.28. The fourth-order valence-electron chi connectivity index (χ4n) is 2.61. The van der Waals surface area contributed by atoms with E-state index in [1.807, 2.05) is 25.7 Å². The topological polar surface area (TPSA) is 61.4 Å². The molecule has 0 aliphatic carbocycles. The molecule has 0 spiro atoms. The SMILES string of the molecule is CCCC(C)NC(=O)C(C)NC(C)C(=O)N1CCCC1. The number of nitrogens with zero attached hydrogens (tertiary/aromatic N) is 1. The molecule has 116 valence electrons. The zero-order chi connectivity index (χ0) is 15.1. The van der Waals surface area contributed by atoms with Crippen LogP contribution in [0.15, 0.2) is 0 Å². The Bertz CT molecular complexity index is 327. The van der Waals surface area contributed by atoms with Gasteiger partial charge >= 0.3 is 0 Å². The van der Waals surface area contributed by atoms with E-state index < -0.39 is 0 Å². The highest BCUT2D eigenvalue weighted by Crippen LogP contribution is 2.09. The van der Waals surface area contributed by atoms with Crippen molar-refractivity contribution in [1.82, 2.24) is 15.5 Å². The fraction of sp³-hybridized carbons (Fsp3) is 0.867. The summed E-state index contributed by atoms with van der Waals surface area (Å²) in [6.07, 6.45) is 4.19. The van der Waals surface area contributed by atoms with Gasteiger partial charge in [-0.2, -0.15) is 0 Å². The summed E-state index contributed by atoms with van der Waals surface area (Å²) in [5.74, 6) is 0.0655. The van der Waals surface area contributed by atoms with Crippen molar-refractivity contribution in [2.45, 2.75) is 71.5 Å². The predicted molar refractivity (Wildman–Crippen MR) is 80.4 cm³/mol. The van der Waals surface area contributed by atoms with Crippen molar-refractivity contribution >= 4 is 11.8 Å². The second-order valence-corrected chi connectivity index (χ2v) is 5.84. The number of hydrogen-bond donors (Lipinski definition) is 2. The van der Waals surface area contributed by atoms with Crippen LogP contribution in [0.4, 0.5) is 0 Å². The number of amides is 2. The first-order valence-corrected chi connectivity index (χ1v) is 7.81. The van der Waals surface area contributed by atoms with Crippen LogP contribution in [0.25, 0.3) is 0 Å². The summed E-state index contributed by atoms with van der Waals surface area (Å²) in [6, 6.07) is -0.479. The van der Waals surface area contributed by atoms with Crippen LogP contribution in [0.3, 0.4) is 0 Å². The lowest BCUT2D eigenvalue weighted by molar-refractivity contribution is -0.132. The molecule has 0 saturated carbocycles. The lowest BCUT2D eigenvalue weighted by atomic mass is 10.1. The zero-order valence-electron chi connectivity index (χ0n) is 13.2.